The molecule has 27 heavy (non-hydrogen) atoms. The van der Waals surface area contributed by atoms with Crippen LogP contribution < -0.4 is 15.0 Å². The van der Waals surface area contributed by atoms with E-state index in [0.717, 1.165) is 63.6 Å². The molecule has 0 bridgehead atoms. The van der Waals surface area contributed by atoms with E-state index in [1.165, 1.54) is 18.5 Å². The van der Waals surface area contributed by atoms with Crippen LogP contribution in [0.5, 0.6) is 5.75 Å². The van der Waals surface area contributed by atoms with Crippen molar-refractivity contribution < 1.29 is 4.74 Å². The first kappa shape index (κ1) is 22.1. The van der Waals surface area contributed by atoms with Crippen LogP contribution in [0.3, 0.4) is 0 Å². The molecule has 0 radical (unpaired) electrons. The lowest BCUT2D eigenvalue weighted by atomic mass is 10.2. The maximum absolute atomic E-state index is 5.25. The lowest BCUT2D eigenvalue weighted by Gasteiger charge is -2.38. The number of piperazine rings is 1. The molecule has 1 aliphatic carbocycles. The second kappa shape index (κ2) is 10.9. The Bertz CT molecular complexity index is 583. The summed E-state index contributed by atoms with van der Waals surface area (Å²) in [7, 11) is 3.59. The summed E-state index contributed by atoms with van der Waals surface area (Å²) in [5.41, 5.74) is 1.26. The number of likely N-dealkylation sites (N-methyl/N-ethyl adjacent to an activating group) is 1. The highest BCUT2D eigenvalue weighted by Gasteiger charge is 2.27. The van der Waals surface area contributed by atoms with E-state index in [1.807, 2.05) is 19.2 Å². The summed E-state index contributed by atoms with van der Waals surface area (Å²) in [4.78, 5) is 11.9. The topological polar surface area (TPSA) is 43.3 Å². The maximum atomic E-state index is 5.25. The normalized spacial score (nSPS) is 17.7. The Morgan fingerprint density at radius 3 is 2.37 bits per heavy atom. The van der Waals surface area contributed by atoms with Gasteiger partial charge in [0.1, 0.15) is 5.75 Å². The fourth-order valence-corrected chi connectivity index (χ4v) is 3.65. The molecule has 3 rings (SSSR count). The van der Waals surface area contributed by atoms with Gasteiger partial charge in [0.25, 0.3) is 0 Å². The van der Waals surface area contributed by atoms with E-state index in [2.05, 4.69) is 44.1 Å². The Morgan fingerprint density at radius 2 is 1.85 bits per heavy atom. The van der Waals surface area contributed by atoms with Crippen LogP contribution in [-0.4, -0.2) is 81.8 Å². The van der Waals surface area contributed by atoms with Crippen molar-refractivity contribution in [3.8, 4) is 5.75 Å². The molecular weight excluding hydrogens is 453 g/mol. The highest BCUT2D eigenvalue weighted by atomic mass is 127. The van der Waals surface area contributed by atoms with Crippen molar-refractivity contribution >= 4 is 35.6 Å². The molecular formula is C20H34IN5O. The molecule has 1 N–H and O–H groups in total. The van der Waals surface area contributed by atoms with Gasteiger partial charge in [-0.1, -0.05) is 6.92 Å². The van der Waals surface area contributed by atoms with E-state index in [9.17, 15) is 0 Å². The molecule has 0 atom stereocenters. The van der Waals surface area contributed by atoms with Crippen molar-refractivity contribution in [2.45, 2.75) is 25.8 Å². The number of nitrogens with one attached hydrogen (secondary N) is 1. The Kier molecular flexibility index (Phi) is 8.95. The van der Waals surface area contributed by atoms with Crippen LogP contribution in [0.1, 0.15) is 19.8 Å². The van der Waals surface area contributed by atoms with Crippen LogP contribution in [0.15, 0.2) is 29.3 Å². The highest BCUT2D eigenvalue weighted by Crippen LogP contribution is 2.25. The van der Waals surface area contributed by atoms with Crippen molar-refractivity contribution in [3.05, 3.63) is 24.3 Å². The van der Waals surface area contributed by atoms with Gasteiger partial charge < -0.3 is 19.9 Å². The fraction of sp³-hybridized carbons (Fsp3) is 0.650. The van der Waals surface area contributed by atoms with E-state index in [4.69, 9.17) is 4.74 Å². The summed E-state index contributed by atoms with van der Waals surface area (Å²) in [5.74, 6) is 1.94. The third-order valence-electron chi connectivity index (χ3n) is 5.38. The first-order valence-electron chi connectivity index (χ1n) is 9.83. The van der Waals surface area contributed by atoms with Gasteiger partial charge in [0.05, 0.1) is 7.11 Å². The summed E-state index contributed by atoms with van der Waals surface area (Å²) in [6.45, 7) is 9.47. The SMILES string of the molecule is CCN(CCNC(=NC)N1CCN(c2ccc(OC)cc2)CC1)C1CC1.I. The van der Waals surface area contributed by atoms with Crippen molar-refractivity contribution in [3.63, 3.8) is 0 Å². The molecule has 1 saturated carbocycles. The molecule has 0 amide bonds. The van der Waals surface area contributed by atoms with Crippen LogP contribution in [0.4, 0.5) is 5.69 Å². The van der Waals surface area contributed by atoms with E-state index >= 15 is 0 Å². The van der Waals surface area contributed by atoms with Crippen molar-refractivity contribution in [1.82, 2.24) is 15.1 Å². The number of guanidine groups is 1. The molecule has 7 heteroatoms. The average molecular weight is 487 g/mol. The van der Waals surface area contributed by atoms with E-state index in [-0.39, 0.29) is 24.0 Å². The largest absolute Gasteiger partial charge is 0.497 e. The molecule has 2 fully saturated rings. The van der Waals surface area contributed by atoms with Crippen LogP contribution in [0.25, 0.3) is 0 Å². The first-order chi connectivity index (χ1) is 12.7. The minimum atomic E-state index is 0. The number of methoxy groups -OCH3 is 1. The van der Waals surface area contributed by atoms with Gasteiger partial charge in [-0.25, -0.2) is 0 Å². The molecule has 1 aliphatic heterocycles. The Labute approximate surface area is 181 Å². The summed E-state index contributed by atoms with van der Waals surface area (Å²) in [6.07, 6.45) is 2.74. The number of rotatable bonds is 7. The summed E-state index contributed by atoms with van der Waals surface area (Å²) in [6, 6.07) is 9.16. The minimum Gasteiger partial charge on any atom is -0.497 e. The fourth-order valence-electron chi connectivity index (χ4n) is 3.65. The molecule has 152 valence electrons. The van der Waals surface area contributed by atoms with Gasteiger partial charge >= 0.3 is 0 Å². The van der Waals surface area contributed by atoms with Crippen LogP contribution in [0, 0.1) is 0 Å². The van der Waals surface area contributed by atoms with E-state index < -0.39 is 0 Å². The van der Waals surface area contributed by atoms with Gasteiger partial charge in [-0.05, 0) is 43.7 Å². The zero-order chi connectivity index (χ0) is 18.4. The van der Waals surface area contributed by atoms with Gasteiger partial charge in [-0.15, -0.1) is 24.0 Å². The average Bonchev–Trinajstić information content (AvgIpc) is 3.54. The minimum absolute atomic E-state index is 0. The number of hydrogen-bond acceptors (Lipinski definition) is 4. The second-order valence-electron chi connectivity index (χ2n) is 7.01. The molecule has 1 aromatic carbocycles. The predicted octanol–water partition coefficient (Wildman–Crippen LogP) is 2.49. The number of hydrogen-bond donors (Lipinski definition) is 1. The molecule has 0 unspecified atom stereocenters. The first-order valence-corrected chi connectivity index (χ1v) is 9.83. The Balaban J connectivity index is 0.00000261. The Hall–Kier alpha value is -1.22. The number of aliphatic imine (C=N–C) groups is 1. The molecule has 2 aliphatic rings. The third-order valence-corrected chi connectivity index (χ3v) is 5.38. The van der Waals surface area contributed by atoms with Crippen LogP contribution >= 0.6 is 24.0 Å². The Morgan fingerprint density at radius 1 is 1.19 bits per heavy atom. The quantitative estimate of drug-likeness (QED) is 0.364. The van der Waals surface area contributed by atoms with Gasteiger partial charge in [-0.3, -0.25) is 9.89 Å². The van der Waals surface area contributed by atoms with Crippen LogP contribution in [0.2, 0.25) is 0 Å². The molecule has 0 aromatic heterocycles. The highest BCUT2D eigenvalue weighted by molar-refractivity contribution is 14.0. The smallest absolute Gasteiger partial charge is 0.193 e. The van der Waals surface area contributed by atoms with Gasteiger partial charge in [0.15, 0.2) is 5.96 Å². The second-order valence-corrected chi connectivity index (χ2v) is 7.01. The van der Waals surface area contributed by atoms with Gasteiger partial charge in [-0.2, -0.15) is 0 Å². The predicted molar refractivity (Wildman–Crippen MR) is 124 cm³/mol. The summed E-state index contributed by atoms with van der Waals surface area (Å²) < 4.78 is 5.25. The molecule has 6 nitrogen and oxygen atoms in total. The zero-order valence-corrected chi connectivity index (χ0v) is 19.2. The molecule has 0 spiro atoms. The number of anilines is 1. The number of benzene rings is 1. The van der Waals surface area contributed by atoms with Gasteiger partial charge in [0, 0.05) is 58.0 Å². The zero-order valence-electron chi connectivity index (χ0n) is 16.9. The van der Waals surface area contributed by atoms with Crippen molar-refractivity contribution in [2.24, 2.45) is 4.99 Å². The van der Waals surface area contributed by atoms with E-state index in [0.29, 0.717) is 0 Å². The molecule has 1 saturated heterocycles. The van der Waals surface area contributed by atoms with Gasteiger partial charge in [0.2, 0.25) is 0 Å². The third kappa shape index (κ3) is 6.14. The standard InChI is InChI=1S/C20H33N5O.HI/c1-4-23(17-5-6-17)12-11-22-20(21-2)25-15-13-24(14-16-25)18-7-9-19(26-3)10-8-18;/h7-10,17H,4-6,11-16H2,1-3H3,(H,21,22);1H. The summed E-state index contributed by atoms with van der Waals surface area (Å²) >= 11 is 0. The molecule has 1 aromatic rings. The number of ether oxygens (including phenoxy) is 1. The molecule has 1 heterocycles. The van der Waals surface area contributed by atoms with E-state index in [1.54, 1.807) is 7.11 Å². The summed E-state index contributed by atoms with van der Waals surface area (Å²) in [5, 5.41) is 3.56. The number of nitrogens with zero attached hydrogens (tertiary/aromatic N) is 4. The monoisotopic (exact) mass is 487 g/mol. The van der Waals surface area contributed by atoms with Crippen molar-refractivity contribution in [2.75, 3.05) is 64.9 Å². The lowest BCUT2D eigenvalue weighted by Crippen LogP contribution is -2.53. The van der Waals surface area contributed by atoms with Crippen LogP contribution in [-0.2, 0) is 0 Å². The maximum Gasteiger partial charge on any atom is 0.193 e. The van der Waals surface area contributed by atoms with Crippen molar-refractivity contribution in [1.29, 1.82) is 0 Å². The lowest BCUT2D eigenvalue weighted by molar-refractivity contribution is 0.279. The number of halogens is 1.